The summed E-state index contributed by atoms with van der Waals surface area (Å²) in [5.41, 5.74) is 0.806. The first-order valence-corrected chi connectivity index (χ1v) is 10.9. The van der Waals surface area contributed by atoms with Crippen molar-refractivity contribution in [3.8, 4) is 0 Å². The molecule has 120 valence electrons. The Labute approximate surface area is 133 Å². The number of hydrogen-bond acceptors (Lipinski definition) is 5. The molecule has 1 aliphatic rings. The monoisotopic (exact) mass is 350 g/mol. The Kier molecular flexibility index (Phi) is 5.96. The van der Waals surface area contributed by atoms with Gasteiger partial charge < -0.3 is 5.32 Å². The zero-order valence-electron chi connectivity index (χ0n) is 12.4. The van der Waals surface area contributed by atoms with Gasteiger partial charge in [0.2, 0.25) is 10.0 Å². The molecule has 0 saturated carbocycles. The van der Waals surface area contributed by atoms with Crippen molar-refractivity contribution in [2.45, 2.75) is 31.7 Å². The van der Waals surface area contributed by atoms with Crippen molar-refractivity contribution in [1.29, 1.82) is 0 Å². The average Bonchev–Trinajstić information content (AvgIpc) is 2.81. The fourth-order valence-corrected chi connectivity index (χ4v) is 6.78. The summed E-state index contributed by atoms with van der Waals surface area (Å²) in [7, 11) is -4.35. The molecule has 2 rings (SSSR count). The van der Waals surface area contributed by atoms with Crippen LogP contribution < -0.4 is 5.32 Å². The highest BCUT2D eigenvalue weighted by Gasteiger charge is 2.31. The van der Waals surface area contributed by atoms with Crippen LogP contribution in [0.3, 0.4) is 0 Å². The first-order valence-electron chi connectivity index (χ1n) is 7.09. The van der Waals surface area contributed by atoms with Crippen LogP contribution in [0.4, 0.5) is 0 Å². The standard InChI is InChI=1S/C13H22N2O3S3/c1-3-4-14-9-12-13(11(2)10-19-12)21(17,18)15-5-7-20(16)8-6-15/h10,14H,3-9H2,1-2H3. The predicted molar refractivity (Wildman–Crippen MR) is 87.7 cm³/mol. The van der Waals surface area contributed by atoms with Gasteiger partial charge in [-0.05, 0) is 30.8 Å². The fourth-order valence-electron chi connectivity index (χ4n) is 2.33. The van der Waals surface area contributed by atoms with Gasteiger partial charge >= 0.3 is 0 Å². The van der Waals surface area contributed by atoms with Gasteiger partial charge in [-0.3, -0.25) is 4.21 Å². The third-order valence-electron chi connectivity index (χ3n) is 3.44. The average molecular weight is 351 g/mol. The van der Waals surface area contributed by atoms with Crippen molar-refractivity contribution in [2.24, 2.45) is 0 Å². The highest BCUT2D eigenvalue weighted by Crippen LogP contribution is 2.30. The number of thiophene rings is 1. The van der Waals surface area contributed by atoms with E-state index in [1.54, 1.807) is 0 Å². The second-order valence-electron chi connectivity index (χ2n) is 5.10. The Morgan fingerprint density at radius 2 is 2.05 bits per heavy atom. The lowest BCUT2D eigenvalue weighted by Gasteiger charge is -2.26. The summed E-state index contributed by atoms with van der Waals surface area (Å²) in [6.45, 7) is 6.09. The van der Waals surface area contributed by atoms with E-state index in [4.69, 9.17) is 0 Å². The Morgan fingerprint density at radius 3 is 2.67 bits per heavy atom. The van der Waals surface area contributed by atoms with Crippen LogP contribution in [0.15, 0.2) is 10.3 Å². The fraction of sp³-hybridized carbons (Fsp3) is 0.692. The molecular weight excluding hydrogens is 328 g/mol. The molecule has 0 atom stereocenters. The van der Waals surface area contributed by atoms with Gasteiger partial charge in [0.1, 0.15) is 4.90 Å². The molecule has 0 spiro atoms. The van der Waals surface area contributed by atoms with Crippen LogP contribution >= 0.6 is 11.3 Å². The second kappa shape index (κ2) is 7.32. The van der Waals surface area contributed by atoms with Gasteiger partial charge in [-0.25, -0.2) is 8.42 Å². The lowest BCUT2D eigenvalue weighted by molar-refractivity contribution is 0.438. The topological polar surface area (TPSA) is 66.5 Å². The molecule has 1 aromatic heterocycles. The Hall–Kier alpha value is -0.280. The van der Waals surface area contributed by atoms with Crippen LogP contribution in [0.1, 0.15) is 23.8 Å². The van der Waals surface area contributed by atoms with Crippen molar-refractivity contribution in [1.82, 2.24) is 9.62 Å². The summed E-state index contributed by atoms with van der Waals surface area (Å²) in [6.07, 6.45) is 1.02. The summed E-state index contributed by atoms with van der Waals surface area (Å²) in [5.74, 6) is 0.873. The minimum Gasteiger partial charge on any atom is -0.312 e. The first-order chi connectivity index (χ1) is 9.96. The molecule has 8 heteroatoms. The van der Waals surface area contributed by atoms with Crippen molar-refractivity contribution in [2.75, 3.05) is 31.1 Å². The van der Waals surface area contributed by atoms with E-state index in [1.165, 1.54) is 15.6 Å². The number of nitrogens with one attached hydrogen (secondary N) is 1. The van der Waals surface area contributed by atoms with E-state index in [1.807, 2.05) is 12.3 Å². The first kappa shape index (κ1) is 17.1. The van der Waals surface area contributed by atoms with Gasteiger partial charge in [0.15, 0.2) is 0 Å². The largest absolute Gasteiger partial charge is 0.312 e. The van der Waals surface area contributed by atoms with Crippen LogP contribution in [0.25, 0.3) is 0 Å². The van der Waals surface area contributed by atoms with Crippen LogP contribution in [-0.4, -0.2) is 48.1 Å². The number of rotatable bonds is 6. The Balaban J connectivity index is 2.23. The maximum Gasteiger partial charge on any atom is 0.244 e. The van der Waals surface area contributed by atoms with Crippen LogP contribution in [-0.2, 0) is 27.4 Å². The van der Waals surface area contributed by atoms with Gasteiger partial charge in [-0.2, -0.15) is 4.31 Å². The van der Waals surface area contributed by atoms with Crippen molar-refractivity contribution < 1.29 is 12.6 Å². The van der Waals surface area contributed by atoms with E-state index in [9.17, 15) is 12.6 Å². The lowest BCUT2D eigenvalue weighted by Crippen LogP contribution is -2.42. The molecule has 5 nitrogen and oxygen atoms in total. The predicted octanol–water partition coefficient (Wildman–Crippen LogP) is 1.31. The maximum absolute atomic E-state index is 12.8. The molecule has 0 amide bonds. The van der Waals surface area contributed by atoms with Crippen LogP contribution in [0.5, 0.6) is 0 Å². The third kappa shape index (κ3) is 3.92. The van der Waals surface area contributed by atoms with Gasteiger partial charge in [0.05, 0.1) is 0 Å². The number of sulfonamides is 1. The molecule has 0 aliphatic carbocycles. The van der Waals surface area contributed by atoms with E-state index in [0.29, 0.717) is 36.0 Å². The quantitative estimate of drug-likeness (QED) is 0.786. The zero-order chi connectivity index (χ0) is 15.5. The summed E-state index contributed by atoms with van der Waals surface area (Å²) in [6, 6.07) is 0. The van der Waals surface area contributed by atoms with E-state index in [0.717, 1.165) is 23.4 Å². The molecule has 1 N–H and O–H groups in total. The summed E-state index contributed by atoms with van der Waals surface area (Å²) < 4.78 is 38.6. The smallest absolute Gasteiger partial charge is 0.244 e. The van der Waals surface area contributed by atoms with Gasteiger partial charge in [0.25, 0.3) is 0 Å². The molecule has 21 heavy (non-hydrogen) atoms. The minimum absolute atomic E-state index is 0.353. The second-order valence-corrected chi connectivity index (χ2v) is 9.64. The third-order valence-corrected chi connectivity index (χ3v) is 8.07. The molecule has 0 unspecified atom stereocenters. The molecule has 1 saturated heterocycles. The highest BCUT2D eigenvalue weighted by atomic mass is 32.2. The summed E-state index contributed by atoms with van der Waals surface area (Å²) in [5, 5.41) is 5.17. The van der Waals surface area contributed by atoms with Gasteiger partial charge in [-0.15, -0.1) is 11.3 Å². The Morgan fingerprint density at radius 1 is 1.38 bits per heavy atom. The molecule has 1 aliphatic heterocycles. The Bertz CT molecular complexity index is 600. The number of nitrogens with zero attached hydrogens (tertiary/aromatic N) is 1. The summed E-state index contributed by atoms with van der Waals surface area (Å²) >= 11 is 1.49. The summed E-state index contributed by atoms with van der Waals surface area (Å²) in [4.78, 5) is 1.32. The lowest BCUT2D eigenvalue weighted by atomic mass is 10.3. The molecular formula is C13H22N2O3S3. The molecule has 0 radical (unpaired) electrons. The van der Waals surface area contributed by atoms with E-state index >= 15 is 0 Å². The molecule has 2 heterocycles. The molecule has 0 bridgehead atoms. The normalized spacial score (nSPS) is 18.2. The van der Waals surface area contributed by atoms with E-state index in [2.05, 4.69) is 12.2 Å². The van der Waals surface area contributed by atoms with E-state index in [-0.39, 0.29) is 0 Å². The van der Waals surface area contributed by atoms with Crippen molar-refractivity contribution in [3.63, 3.8) is 0 Å². The molecule has 0 aromatic carbocycles. The SMILES string of the molecule is CCCNCc1scc(C)c1S(=O)(=O)N1CCS(=O)CC1. The zero-order valence-corrected chi connectivity index (χ0v) is 14.9. The van der Waals surface area contributed by atoms with Crippen LogP contribution in [0.2, 0.25) is 0 Å². The van der Waals surface area contributed by atoms with Crippen molar-refractivity contribution >= 4 is 32.2 Å². The van der Waals surface area contributed by atoms with Crippen molar-refractivity contribution in [3.05, 3.63) is 15.8 Å². The minimum atomic E-state index is -3.47. The molecule has 1 fully saturated rings. The number of hydrogen-bond donors (Lipinski definition) is 1. The number of aryl methyl sites for hydroxylation is 1. The van der Waals surface area contributed by atoms with Gasteiger partial charge in [0, 0.05) is 46.8 Å². The maximum atomic E-state index is 12.8. The van der Waals surface area contributed by atoms with Gasteiger partial charge in [-0.1, -0.05) is 6.92 Å². The van der Waals surface area contributed by atoms with Crippen LogP contribution in [0, 0.1) is 6.92 Å². The van der Waals surface area contributed by atoms with E-state index < -0.39 is 20.8 Å². The highest BCUT2D eigenvalue weighted by molar-refractivity contribution is 7.89. The molecule has 1 aromatic rings.